The van der Waals surface area contributed by atoms with E-state index in [1.54, 1.807) is 22.3 Å². The van der Waals surface area contributed by atoms with Gasteiger partial charge in [-0.15, -0.1) is 11.3 Å². The molecular formula is C19H21ClN2O2S. The van der Waals surface area contributed by atoms with Gasteiger partial charge in [-0.2, -0.15) is 0 Å². The first-order valence-electron chi connectivity index (χ1n) is 8.14. The van der Waals surface area contributed by atoms with Crippen molar-refractivity contribution < 1.29 is 9.53 Å². The van der Waals surface area contributed by atoms with Gasteiger partial charge in [0.2, 0.25) is 0 Å². The van der Waals surface area contributed by atoms with Crippen LogP contribution in [0.3, 0.4) is 0 Å². The van der Waals surface area contributed by atoms with Crippen molar-refractivity contribution in [2.75, 3.05) is 4.90 Å². The number of carbonyl (C=O) groups excluding carboxylic acids is 1. The molecule has 0 radical (unpaired) electrons. The van der Waals surface area contributed by atoms with Crippen LogP contribution in [-0.2, 0) is 17.7 Å². The number of amides is 1. The molecule has 25 heavy (non-hydrogen) atoms. The van der Waals surface area contributed by atoms with Crippen molar-refractivity contribution in [3.05, 3.63) is 50.9 Å². The third-order valence-corrected chi connectivity index (χ3v) is 4.91. The first kappa shape index (κ1) is 18.0. The lowest BCUT2D eigenvalue weighted by atomic mass is 10.1. The summed E-state index contributed by atoms with van der Waals surface area (Å²) in [6, 6.07) is 5.74. The van der Waals surface area contributed by atoms with Gasteiger partial charge in [0.05, 0.1) is 17.9 Å². The summed E-state index contributed by atoms with van der Waals surface area (Å²) in [5.41, 5.74) is 3.16. The van der Waals surface area contributed by atoms with E-state index < -0.39 is 5.60 Å². The zero-order valence-electron chi connectivity index (χ0n) is 14.8. The molecule has 0 fully saturated rings. The van der Waals surface area contributed by atoms with Crippen LogP contribution in [0, 0.1) is 0 Å². The Kier molecular flexibility index (Phi) is 4.89. The van der Waals surface area contributed by atoms with Gasteiger partial charge in [0.1, 0.15) is 10.8 Å². The highest BCUT2D eigenvalue weighted by molar-refractivity contribution is 7.09. The zero-order chi connectivity index (χ0) is 18.2. The number of rotatable bonds is 3. The maximum absolute atomic E-state index is 12.9. The van der Waals surface area contributed by atoms with E-state index in [4.69, 9.17) is 16.3 Å². The van der Waals surface area contributed by atoms with Gasteiger partial charge in [-0.25, -0.2) is 9.78 Å². The summed E-state index contributed by atoms with van der Waals surface area (Å²) in [7, 11) is 0. The average molecular weight is 377 g/mol. The molecule has 1 aliphatic carbocycles. The first-order valence-corrected chi connectivity index (χ1v) is 9.40. The predicted molar refractivity (Wildman–Crippen MR) is 103 cm³/mol. The maximum atomic E-state index is 12.9. The number of carbonyl (C=O) groups is 1. The molecule has 0 saturated heterocycles. The van der Waals surface area contributed by atoms with Crippen LogP contribution in [0.2, 0.25) is 5.15 Å². The summed E-state index contributed by atoms with van der Waals surface area (Å²) in [6.45, 7) is 8.05. The quantitative estimate of drug-likeness (QED) is 0.645. The summed E-state index contributed by atoms with van der Waals surface area (Å²) in [5.74, 6) is 0. The van der Waals surface area contributed by atoms with E-state index in [9.17, 15) is 4.79 Å². The number of pyridine rings is 1. The number of aromatic nitrogens is 1. The fraction of sp³-hybridized carbons (Fsp3) is 0.368. The molecule has 1 amide bonds. The van der Waals surface area contributed by atoms with E-state index in [1.807, 2.05) is 45.2 Å². The van der Waals surface area contributed by atoms with Crippen molar-refractivity contribution in [2.45, 2.75) is 46.3 Å². The van der Waals surface area contributed by atoms with Crippen LogP contribution in [-0.4, -0.2) is 16.7 Å². The number of allylic oxidation sites excluding steroid dienone is 2. The van der Waals surface area contributed by atoms with Crippen molar-refractivity contribution in [3.63, 3.8) is 0 Å². The van der Waals surface area contributed by atoms with Gasteiger partial charge in [-0.3, -0.25) is 4.90 Å². The van der Waals surface area contributed by atoms with Gasteiger partial charge in [-0.1, -0.05) is 23.7 Å². The Morgan fingerprint density at radius 2 is 2.20 bits per heavy atom. The van der Waals surface area contributed by atoms with E-state index in [-0.39, 0.29) is 6.09 Å². The Morgan fingerprint density at radius 3 is 2.84 bits per heavy atom. The van der Waals surface area contributed by atoms with Crippen LogP contribution in [0.5, 0.6) is 0 Å². The second kappa shape index (κ2) is 6.81. The lowest BCUT2D eigenvalue weighted by molar-refractivity contribution is 0.0577. The molecule has 0 bridgehead atoms. The van der Waals surface area contributed by atoms with Crippen molar-refractivity contribution in [2.24, 2.45) is 0 Å². The second-order valence-corrected chi connectivity index (χ2v) is 8.45. The smallest absolute Gasteiger partial charge is 0.415 e. The highest BCUT2D eigenvalue weighted by Crippen LogP contribution is 2.36. The molecule has 4 nitrogen and oxygen atoms in total. The van der Waals surface area contributed by atoms with Gasteiger partial charge in [-0.05, 0) is 57.2 Å². The van der Waals surface area contributed by atoms with Gasteiger partial charge < -0.3 is 4.74 Å². The van der Waals surface area contributed by atoms with E-state index >= 15 is 0 Å². The summed E-state index contributed by atoms with van der Waals surface area (Å²) >= 11 is 7.85. The lowest BCUT2D eigenvalue weighted by Gasteiger charge is -2.28. The minimum Gasteiger partial charge on any atom is -0.443 e. The third-order valence-electron chi connectivity index (χ3n) is 3.85. The Balaban J connectivity index is 2.03. The van der Waals surface area contributed by atoms with Gasteiger partial charge in [0.25, 0.3) is 0 Å². The number of nitrogens with zero attached hydrogens (tertiary/aromatic N) is 2. The van der Waals surface area contributed by atoms with E-state index in [0.29, 0.717) is 11.7 Å². The standard InChI is InChI=1S/C19H21ClN2O2S/c1-12-7-8-14-15(10-16(20)21-17(12)14)22(11-13-6-5-9-25-13)18(23)24-19(2,3)4/h5-7,9-10H,8,11H2,1-4H3. The minimum atomic E-state index is -0.570. The van der Waals surface area contributed by atoms with Crippen LogP contribution in [0.15, 0.2) is 29.7 Å². The first-order chi connectivity index (χ1) is 11.7. The molecule has 2 heterocycles. The van der Waals surface area contributed by atoms with Crippen molar-refractivity contribution in [3.8, 4) is 0 Å². The minimum absolute atomic E-state index is 0.378. The summed E-state index contributed by atoms with van der Waals surface area (Å²) < 4.78 is 5.64. The normalized spacial score (nSPS) is 13.4. The molecule has 2 aromatic rings. The Bertz CT molecular complexity index is 823. The van der Waals surface area contributed by atoms with Crippen molar-refractivity contribution in [1.82, 2.24) is 4.98 Å². The Labute approximate surface area is 157 Å². The van der Waals surface area contributed by atoms with E-state index in [0.717, 1.165) is 33.8 Å². The lowest BCUT2D eigenvalue weighted by Crippen LogP contribution is -2.37. The third kappa shape index (κ3) is 4.05. The number of thiophene rings is 1. The van der Waals surface area contributed by atoms with Crippen LogP contribution in [0.4, 0.5) is 10.5 Å². The topological polar surface area (TPSA) is 42.4 Å². The highest BCUT2D eigenvalue weighted by atomic mass is 35.5. The van der Waals surface area contributed by atoms with Crippen molar-refractivity contribution in [1.29, 1.82) is 0 Å². The number of fused-ring (bicyclic) bond motifs is 1. The number of hydrogen-bond acceptors (Lipinski definition) is 4. The number of ether oxygens (including phenoxy) is 1. The largest absolute Gasteiger partial charge is 0.443 e. The molecule has 0 aromatic carbocycles. The molecule has 0 unspecified atom stereocenters. The molecule has 0 atom stereocenters. The zero-order valence-corrected chi connectivity index (χ0v) is 16.4. The summed E-state index contributed by atoms with van der Waals surface area (Å²) in [6.07, 6.45) is 2.47. The van der Waals surface area contributed by atoms with Crippen molar-refractivity contribution >= 4 is 40.3 Å². The molecule has 132 valence electrons. The van der Waals surface area contributed by atoms with E-state index in [2.05, 4.69) is 11.1 Å². The average Bonchev–Trinajstić information content (AvgIpc) is 3.13. The molecule has 0 N–H and O–H groups in total. The molecule has 0 spiro atoms. The fourth-order valence-corrected chi connectivity index (χ4v) is 3.65. The predicted octanol–water partition coefficient (Wildman–Crippen LogP) is 5.70. The Hall–Kier alpha value is -1.85. The molecule has 2 aromatic heterocycles. The van der Waals surface area contributed by atoms with Crippen LogP contribution < -0.4 is 4.90 Å². The van der Waals surface area contributed by atoms with Gasteiger partial charge in [0.15, 0.2) is 0 Å². The molecule has 3 rings (SSSR count). The molecule has 0 aliphatic heterocycles. The number of hydrogen-bond donors (Lipinski definition) is 0. The van der Waals surface area contributed by atoms with Crippen LogP contribution in [0.1, 0.15) is 43.8 Å². The van der Waals surface area contributed by atoms with E-state index in [1.165, 1.54) is 0 Å². The monoisotopic (exact) mass is 376 g/mol. The molecule has 6 heteroatoms. The van der Waals surface area contributed by atoms with Gasteiger partial charge >= 0.3 is 6.09 Å². The second-order valence-electron chi connectivity index (χ2n) is 7.03. The van der Waals surface area contributed by atoms with Crippen LogP contribution >= 0.6 is 22.9 Å². The maximum Gasteiger partial charge on any atom is 0.415 e. The molecule has 0 saturated carbocycles. The number of anilines is 1. The van der Waals surface area contributed by atoms with Gasteiger partial charge in [0, 0.05) is 10.4 Å². The number of halogens is 1. The van der Waals surface area contributed by atoms with Crippen LogP contribution in [0.25, 0.3) is 5.57 Å². The fourth-order valence-electron chi connectivity index (χ4n) is 2.77. The molecule has 1 aliphatic rings. The highest BCUT2D eigenvalue weighted by Gasteiger charge is 2.28. The Morgan fingerprint density at radius 1 is 1.44 bits per heavy atom. The molecular weight excluding hydrogens is 356 g/mol. The SMILES string of the molecule is CC1=CCc2c(N(Cc3cccs3)C(=O)OC(C)(C)C)cc(Cl)nc21. The summed E-state index contributed by atoms with van der Waals surface area (Å²) in [4.78, 5) is 20.1. The summed E-state index contributed by atoms with van der Waals surface area (Å²) in [5, 5.41) is 2.38.